The minimum atomic E-state index is -0.720. The lowest BCUT2D eigenvalue weighted by Crippen LogP contribution is -2.12. The second-order valence-corrected chi connectivity index (χ2v) is 5.00. The average Bonchev–Trinajstić information content (AvgIpc) is 2.98. The van der Waals surface area contributed by atoms with Gasteiger partial charge in [-0.3, -0.25) is 9.59 Å². The zero-order valence-electron chi connectivity index (χ0n) is 9.60. The van der Waals surface area contributed by atoms with Crippen LogP contribution in [0.2, 0.25) is 0 Å². The van der Waals surface area contributed by atoms with Crippen LogP contribution in [0.3, 0.4) is 0 Å². The zero-order chi connectivity index (χ0) is 13.4. The van der Waals surface area contributed by atoms with Crippen LogP contribution in [-0.4, -0.2) is 11.7 Å². The smallest absolute Gasteiger partial charge is 0.296 e. The fourth-order valence-electron chi connectivity index (χ4n) is 1.80. The van der Waals surface area contributed by atoms with E-state index in [0.29, 0.717) is 16.3 Å². The van der Waals surface area contributed by atoms with Crippen molar-refractivity contribution < 1.29 is 18.4 Å². The molecule has 3 rings (SSSR count). The predicted molar refractivity (Wildman–Crippen MR) is 67.6 cm³/mol. The van der Waals surface area contributed by atoms with Crippen LogP contribution in [0.1, 0.15) is 16.1 Å². The molecule has 0 bridgehead atoms. The molecule has 0 spiro atoms. The molecule has 1 aliphatic heterocycles. The third-order valence-corrected chi connectivity index (χ3v) is 3.77. The van der Waals surface area contributed by atoms with E-state index in [9.17, 15) is 14.0 Å². The van der Waals surface area contributed by atoms with Gasteiger partial charge in [0.15, 0.2) is 0 Å². The minimum Gasteiger partial charge on any atom is -0.468 e. The highest BCUT2D eigenvalue weighted by atomic mass is 32.2. The van der Waals surface area contributed by atoms with E-state index in [1.54, 1.807) is 18.4 Å². The van der Waals surface area contributed by atoms with Crippen molar-refractivity contribution in [2.24, 2.45) is 0 Å². The summed E-state index contributed by atoms with van der Waals surface area (Å²) >= 11 is 1.24. The van der Waals surface area contributed by atoms with Crippen LogP contribution in [0.4, 0.5) is 10.1 Å². The Morgan fingerprint density at radius 1 is 1.32 bits per heavy atom. The number of ketones is 1. The largest absolute Gasteiger partial charge is 0.468 e. The third kappa shape index (κ3) is 2.15. The van der Waals surface area contributed by atoms with Gasteiger partial charge in [0, 0.05) is 4.90 Å². The number of thioether (sulfide) groups is 1. The maximum Gasteiger partial charge on any atom is 0.296 e. The van der Waals surface area contributed by atoms with Crippen LogP contribution in [0.5, 0.6) is 0 Å². The SMILES string of the molecule is O=C1Nc2cc(SCc3ccco3)c(F)cc2C1=O. The Morgan fingerprint density at radius 2 is 2.16 bits per heavy atom. The standard InChI is InChI=1S/C13H8FNO3S/c14-9-4-8-10(15-13(17)12(8)16)5-11(9)19-6-7-2-1-3-18-7/h1-5H,6H2,(H,15,16,17). The number of furan rings is 1. The van der Waals surface area contributed by atoms with Gasteiger partial charge in [-0.15, -0.1) is 11.8 Å². The van der Waals surface area contributed by atoms with E-state index in [-0.39, 0.29) is 5.56 Å². The lowest BCUT2D eigenvalue weighted by Gasteiger charge is -2.04. The fraction of sp³-hybridized carbons (Fsp3) is 0.0769. The Balaban J connectivity index is 1.86. The number of Topliss-reactive ketones (excluding diaryl/α,β-unsaturated/α-hetero) is 1. The summed E-state index contributed by atoms with van der Waals surface area (Å²) in [5.74, 6) is -0.728. The molecule has 0 radical (unpaired) electrons. The Bertz CT molecular complexity index is 667. The Morgan fingerprint density at radius 3 is 2.89 bits per heavy atom. The van der Waals surface area contributed by atoms with Gasteiger partial charge in [-0.2, -0.15) is 0 Å². The quantitative estimate of drug-likeness (QED) is 0.692. The van der Waals surface area contributed by atoms with Gasteiger partial charge in [0.1, 0.15) is 11.6 Å². The number of amides is 1. The number of halogens is 1. The monoisotopic (exact) mass is 277 g/mol. The highest BCUT2D eigenvalue weighted by Crippen LogP contribution is 2.33. The van der Waals surface area contributed by atoms with Crippen molar-refractivity contribution in [1.29, 1.82) is 0 Å². The zero-order valence-corrected chi connectivity index (χ0v) is 10.4. The van der Waals surface area contributed by atoms with Gasteiger partial charge in [0.05, 0.1) is 23.3 Å². The van der Waals surface area contributed by atoms with E-state index < -0.39 is 17.5 Å². The van der Waals surface area contributed by atoms with Crippen molar-refractivity contribution in [3.63, 3.8) is 0 Å². The predicted octanol–water partition coefficient (Wildman–Crippen LogP) is 2.85. The lowest BCUT2D eigenvalue weighted by molar-refractivity contribution is -0.112. The van der Waals surface area contributed by atoms with E-state index >= 15 is 0 Å². The fourth-order valence-corrected chi connectivity index (χ4v) is 2.66. The molecule has 1 aliphatic rings. The number of benzene rings is 1. The molecule has 2 aromatic rings. The molecular formula is C13H8FNO3S. The summed E-state index contributed by atoms with van der Waals surface area (Å²) in [4.78, 5) is 23.0. The van der Waals surface area contributed by atoms with Crippen LogP contribution < -0.4 is 5.32 Å². The summed E-state index contributed by atoms with van der Waals surface area (Å²) in [6.07, 6.45) is 1.55. The Kier molecular flexibility index (Phi) is 2.87. The van der Waals surface area contributed by atoms with E-state index in [1.165, 1.54) is 17.8 Å². The van der Waals surface area contributed by atoms with E-state index in [4.69, 9.17) is 4.42 Å². The number of anilines is 1. The molecule has 96 valence electrons. The van der Waals surface area contributed by atoms with E-state index in [1.807, 2.05) is 0 Å². The molecular weight excluding hydrogens is 269 g/mol. The van der Waals surface area contributed by atoms with Crippen molar-refractivity contribution in [2.45, 2.75) is 10.6 Å². The van der Waals surface area contributed by atoms with Gasteiger partial charge in [-0.05, 0) is 24.3 Å². The molecule has 1 amide bonds. The normalized spacial score (nSPS) is 13.5. The molecule has 4 nitrogen and oxygen atoms in total. The van der Waals surface area contributed by atoms with Crippen LogP contribution in [0, 0.1) is 5.82 Å². The van der Waals surface area contributed by atoms with E-state index in [2.05, 4.69) is 5.32 Å². The maximum absolute atomic E-state index is 13.8. The summed E-state index contributed by atoms with van der Waals surface area (Å²) < 4.78 is 19.0. The van der Waals surface area contributed by atoms with Gasteiger partial charge >= 0.3 is 0 Å². The molecule has 0 saturated heterocycles. The number of rotatable bonds is 3. The average molecular weight is 277 g/mol. The van der Waals surface area contributed by atoms with Crippen molar-refractivity contribution in [2.75, 3.05) is 5.32 Å². The van der Waals surface area contributed by atoms with Crippen molar-refractivity contribution >= 4 is 29.1 Å². The van der Waals surface area contributed by atoms with Crippen LogP contribution >= 0.6 is 11.8 Å². The number of nitrogens with one attached hydrogen (secondary N) is 1. The van der Waals surface area contributed by atoms with E-state index in [0.717, 1.165) is 11.8 Å². The number of hydrogen-bond acceptors (Lipinski definition) is 4. The van der Waals surface area contributed by atoms with Crippen molar-refractivity contribution in [3.8, 4) is 0 Å². The lowest BCUT2D eigenvalue weighted by atomic mass is 10.1. The molecule has 0 atom stereocenters. The van der Waals surface area contributed by atoms with Crippen LogP contribution in [-0.2, 0) is 10.5 Å². The molecule has 1 aromatic carbocycles. The van der Waals surface area contributed by atoms with Crippen LogP contribution in [0.15, 0.2) is 39.8 Å². The first kappa shape index (κ1) is 12.0. The number of fused-ring (bicyclic) bond motifs is 1. The van der Waals surface area contributed by atoms with Crippen molar-refractivity contribution in [3.05, 3.63) is 47.7 Å². The van der Waals surface area contributed by atoms with Gasteiger partial charge in [0.25, 0.3) is 11.7 Å². The molecule has 19 heavy (non-hydrogen) atoms. The van der Waals surface area contributed by atoms with Crippen molar-refractivity contribution in [1.82, 2.24) is 0 Å². The second-order valence-electron chi connectivity index (χ2n) is 3.98. The molecule has 0 unspecified atom stereocenters. The number of carbonyl (C=O) groups is 2. The summed E-state index contributed by atoms with van der Waals surface area (Å²) in [6, 6.07) is 6.12. The first-order valence-electron chi connectivity index (χ1n) is 5.49. The first-order valence-corrected chi connectivity index (χ1v) is 6.48. The third-order valence-electron chi connectivity index (χ3n) is 2.72. The molecule has 0 aliphatic carbocycles. The molecule has 2 heterocycles. The molecule has 6 heteroatoms. The molecule has 1 aromatic heterocycles. The maximum atomic E-state index is 13.8. The summed E-state index contributed by atoms with van der Waals surface area (Å²) in [5, 5.41) is 2.42. The molecule has 0 fully saturated rings. The highest BCUT2D eigenvalue weighted by Gasteiger charge is 2.29. The molecule has 1 N–H and O–H groups in total. The summed E-state index contributed by atoms with van der Waals surface area (Å²) in [7, 11) is 0. The van der Waals surface area contributed by atoms with Crippen LogP contribution in [0.25, 0.3) is 0 Å². The number of carbonyl (C=O) groups excluding carboxylic acids is 2. The summed E-state index contributed by atoms with van der Waals surface area (Å²) in [5.41, 5.74) is 0.447. The Hall–Kier alpha value is -2.08. The summed E-state index contributed by atoms with van der Waals surface area (Å²) in [6.45, 7) is 0. The van der Waals surface area contributed by atoms with Gasteiger partial charge < -0.3 is 9.73 Å². The second kappa shape index (κ2) is 4.55. The van der Waals surface area contributed by atoms with Gasteiger partial charge in [-0.25, -0.2) is 4.39 Å². The first-order chi connectivity index (χ1) is 9.15. The van der Waals surface area contributed by atoms with Gasteiger partial charge in [-0.1, -0.05) is 0 Å². The minimum absolute atomic E-state index is 0.0878. The van der Waals surface area contributed by atoms with Gasteiger partial charge in [0.2, 0.25) is 0 Å². The molecule has 0 saturated carbocycles. The number of hydrogen-bond donors (Lipinski definition) is 1. The highest BCUT2D eigenvalue weighted by molar-refractivity contribution is 7.98. The topological polar surface area (TPSA) is 59.3 Å². The Labute approximate surface area is 112 Å².